The number of aliphatic imine (C=N–C) groups is 1. The number of guanidine groups is 1. The molecular formula is C20H22F2N4O. The molecule has 1 saturated carbocycles. The first-order chi connectivity index (χ1) is 13.2. The summed E-state index contributed by atoms with van der Waals surface area (Å²) in [5.41, 5.74) is 0.170. The van der Waals surface area contributed by atoms with Crippen molar-refractivity contribution < 1.29 is 13.5 Å². The molecular weight excluding hydrogens is 350 g/mol. The number of rotatable bonds is 4. The van der Waals surface area contributed by atoms with Gasteiger partial charge in [-0.05, 0) is 24.6 Å². The molecule has 3 atom stereocenters. The van der Waals surface area contributed by atoms with Gasteiger partial charge in [-0.25, -0.2) is 13.8 Å². The van der Waals surface area contributed by atoms with Crippen LogP contribution in [0, 0.1) is 11.6 Å². The lowest BCUT2D eigenvalue weighted by Gasteiger charge is -2.22. The molecule has 5 nitrogen and oxygen atoms in total. The zero-order chi connectivity index (χ0) is 18.8. The lowest BCUT2D eigenvalue weighted by molar-refractivity contribution is 0.205. The van der Waals surface area contributed by atoms with Crippen LogP contribution in [0.15, 0.2) is 47.6 Å². The first-order valence-electron chi connectivity index (χ1n) is 9.15. The Bertz CT molecular complexity index is 810. The number of benzene rings is 1. The van der Waals surface area contributed by atoms with E-state index in [1.807, 2.05) is 18.2 Å². The molecule has 1 saturated heterocycles. The maximum atomic E-state index is 14.0. The maximum Gasteiger partial charge on any atom is 0.213 e. The summed E-state index contributed by atoms with van der Waals surface area (Å²) < 4.78 is 33.8. The summed E-state index contributed by atoms with van der Waals surface area (Å²) in [5, 5.41) is 3.34. The van der Waals surface area contributed by atoms with Crippen LogP contribution < -0.4 is 10.1 Å². The molecule has 0 spiro atoms. The largest absolute Gasteiger partial charge is 0.472 e. The summed E-state index contributed by atoms with van der Waals surface area (Å²) in [5.74, 6) is 0.232. The molecule has 1 aliphatic heterocycles. The second-order valence-electron chi connectivity index (χ2n) is 6.92. The van der Waals surface area contributed by atoms with E-state index in [1.54, 1.807) is 13.2 Å². The van der Waals surface area contributed by atoms with Gasteiger partial charge < -0.3 is 15.0 Å². The van der Waals surface area contributed by atoms with Crippen molar-refractivity contribution in [1.82, 2.24) is 15.2 Å². The summed E-state index contributed by atoms with van der Waals surface area (Å²) in [6.45, 7) is 1.50. The van der Waals surface area contributed by atoms with Crippen LogP contribution in [-0.2, 0) is 0 Å². The molecule has 7 heteroatoms. The molecule has 1 aromatic carbocycles. The van der Waals surface area contributed by atoms with Gasteiger partial charge in [0, 0.05) is 49.8 Å². The third-order valence-electron chi connectivity index (χ3n) is 5.06. The smallest absolute Gasteiger partial charge is 0.213 e. The van der Waals surface area contributed by atoms with Crippen LogP contribution in [-0.4, -0.2) is 48.1 Å². The molecule has 1 aliphatic carbocycles. The minimum Gasteiger partial charge on any atom is -0.472 e. The van der Waals surface area contributed by atoms with Gasteiger partial charge in [0.1, 0.15) is 17.7 Å². The van der Waals surface area contributed by atoms with Crippen molar-refractivity contribution in [2.75, 3.05) is 20.1 Å². The average molecular weight is 372 g/mol. The van der Waals surface area contributed by atoms with Crippen LogP contribution in [0.2, 0.25) is 0 Å². The van der Waals surface area contributed by atoms with E-state index >= 15 is 0 Å². The zero-order valence-electron chi connectivity index (χ0n) is 15.1. The fraction of sp³-hybridized carbons (Fsp3) is 0.400. The Morgan fingerprint density at radius 1 is 1.22 bits per heavy atom. The third-order valence-corrected chi connectivity index (χ3v) is 5.06. The Labute approximate surface area is 157 Å². The summed E-state index contributed by atoms with van der Waals surface area (Å²) in [6.07, 6.45) is 3.31. The number of likely N-dealkylation sites (tertiary alicyclic amines) is 1. The molecule has 3 unspecified atom stereocenters. The monoisotopic (exact) mass is 372 g/mol. The first-order valence-corrected chi connectivity index (χ1v) is 9.15. The van der Waals surface area contributed by atoms with Crippen molar-refractivity contribution in [2.45, 2.75) is 30.9 Å². The van der Waals surface area contributed by atoms with Gasteiger partial charge in [-0.3, -0.25) is 4.99 Å². The van der Waals surface area contributed by atoms with E-state index in [9.17, 15) is 8.78 Å². The summed E-state index contributed by atoms with van der Waals surface area (Å²) >= 11 is 0. The third kappa shape index (κ3) is 3.86. The number of pyridine rings is 1. The summed E-state index contributed by atoms with van der Waals surface area (Å²) in [6, 6.07) is 9.59. The van der Waals surface area contributed by atoms with E-state index in [0.29, 0.717) is 18.8 Å². The Balaban J connectivity index is 1.34. The average Bonchev–Trinajstić information content (AvgIpc) is 3.26. The Morgan fingerprint density at radius 2 is 2.04 bits per heavy atom. The Morgan fingerprint density at radius 3 is 2.74 bits per heavy atom. The van der Waals surface area contributed by atoms with Gasteiger partial charge in [-0.15, -0.1) is 0 Å². The molecule has 2 aromatic rings. The molecule has 0 bridgehead atoms. The fourth-order valence-electron chi connectivity index (χ4n) is 3.61. The lowest BCUT2D eigenvalue weighted by Crippen LogP contribution is -2.42. The first kappa shape index (κ1) is 17.7. The van der Waals surface area contributed by atoms with Gasteiger partial charge in [-0.1, -0.05) is 12.1 Å². The van der Waals surface area contributed by atoms with Gasteiger partial charge in [0.25, 0.3) is 0 Å². The molecule has 2 aliphatic rings. The topological polar surface area (TPSA) is 49.8 Å². The quantitative estimate of drug-likeness (QED) is 0.662. The van der Waals surface area contributed by atoms with Crippen LogP contribution in [0.25, 0.3) is 0 Å². The van der Waals surface area contributed by atoms with Gasteiger partial charge in [-0.2, -0.15) is 0 Å². The molecule has 1 N–H and O–H groups in total. The van der Waals surface area contributed by atoms with E-state index < -0.39 is 11.6 Å². The van der Waals surface area contributed by atoms with Crippen molar-refractivity contribution in [1.29, 1.82) is 0 Å². The van der Waals surface area contributed by atoms with Gasteiger partial charge in [0.05, 0.1) is 6.54 Å². The van der Waals surface area contributed by atoms with Crippen molar-refractivity contribution in [3.63, 3.8) is 0 Å². The number of aromatic nitrogens is 1. The number of hydrogen-bond donors (Lipinski definition) is 1. The Hall–Kier alpha value is -2.70. The van der Waals surface area contributed by atoms with Gasteiger partial charge in [0.15, 0.2) is 5.96 Å². The Kier molecular flexibility index (Phi) is 4.92. The van der Waals surface area contributed by atoms with Crippen LogP contribution >= 0.6 is 0 Å². The fourth-order valence-corrected chi connectivity index (χ4v) is 3.61. The molecule has 1 aromatic heterocycles. The van der Waals surface area contributed by atoms with Crippen LogP contribution in [0.5, 0.6) is 5.88 Å². The lowest BCUT2D eigenvalue weighted by atomic mass is 10.1. The highest BCUT2D eigenvalue weighted by molar-refractivity contribution is 5.81. The molecule has 27 heavy (non-hydrogen) atoms. The molecule has 4 rings (SSSR count). The minimum atomic E-state index is -0.482. The summed E-state index contributed by atoms with van der Waals surface area (Å²) in [7, 11) is 1.72. The van der Waals surface area contributed by atoms with E-state index in [2.05, 4.69) is 20.2 Å². The second kappa shape index (κ2) is 7.50. The van der Waals surface area contributed by atoms with E-state index in [0.717, 1.165) is 18.9 Å². The number of ether oxygens (including phenoxy) is 1. The normalized spacial score (nSPS) is 24.8. The number of hydrogen-bond acceptors (Lipinski definition) is 3. The molecule has 2 heterocycles. The number of halogens is 2. The van der Waals surface area contributed by atoms with E-state index in [1.165, 1.54) is 18.2 Å². The van der Waals surface area contributed by atoms with Crippen LogP contribution in [0.3, 0.4) is 0 Å². The maximum absolute atomic E-state index is 14.0. The van der Waals surface area contributed by atoms with Crippen molar-refractivity contribution in [3.05, 3.63) is 59.8 Å². The van der Waals surface area contributed by atoms with Crippen LogP contribution in [0.1, 0.15) is 24.3 Å². The highest BCUT2D eigenvalue weighted by Gasteiger charge is 2.43. The molecule has 2 fully saturated rings. The SMILES string of the molecule is CN=C(NC1CC1c1c(F)cccc1F)N1CCC(Oc2ccccn2)C1. The zero-order valence-corrected chi connectivity index (χ0v) is 15.1. The van der Waals surface area contributed by atoms with E-state index in [4.69, 9.17) is 4.74 Å². The molecule has 0 amide bonds. The highest BCUT2D eigenvalue weighted by atomic mass is 19.1. The van der Waals surface area contributed by atoms with Gasteiger partial charge >= 0.3 is 0 Å². The highest BCUT2D eigenvalue weighted by Crippen LogP contribution is 2.43. The molecule has 142 valence electrons. The predicted octanol–water partition coefficient (Wildman–Crippen LogP) is 2.94. The van der Waals surface area contributed by atoms with E-state index in [-0.39, 0.29) is 23.6 Å². The van der Waals surface area contributed by atoms with Crippen molar-refractivity contribution in [3.8, 4) is 5.88 Å². The standard InChI is InChI=1S/C20H22F2N4O/c1-23-20(25-17-11-14(17)19-15(21)5-4-6-16(19)22)26-10-8-13(12-26)27-18-7-2-3-9-24-18/h2-7,9,13-14,17H,8,10-12H2,1H3,(H,23,25). The number of nitrogens with zero attached hydrogens (tertiary/aromatic N) is 3. The second-order valence-corrected chi connectivity index (χ2v) is 6.92. The van der Waals surface area contributed by atoms with Crippen molar-refractivity contribution in [2.24, 2.45) is 4.99 Å². The van der Waals surface area contributed by atoms with Crippen LogP contribution in [0.4, 0.5) is 8.78 Å². The van der Waals surface area contributed by atoms with Crippen molar-refractivity contribution >= 4 is 5.96 Å². The minimum absolute atomic E-state index is 0.00846. The number of nitrogens with one attached hydrogen (secondary N) is 1. The summed E-state index contributed by atoms with van der Waals surface area (Å²) in [4.78, 5) is 10.6. The molecule has 0 radical (unpaired) electrons. The predicted molar refractivity (Wildman–Crippen MR) is 98.8 cm³/mol. The van der Waals surface area contributed by atoms with Gasteiger partial charge in [0.2, 0.25) is 5.88 Å².